The van der Waals surface area contributed by atoms with E-state index in [0.717, 1.165) is 17.9 Å². The van der Waals surface area contributed by atoms with Crippen molar-refractivity contribution in [3.8, 4) is 0 Å². The molecule has 0 aromatic heterocycles. The normalized spacial score (nSPS) is 16.6. The molecule has 0 bridgehead atoms. The molecule has 2 N–H and O–H groups in total. The number of thioether (sulfide) groups is 1. The van der Waals surface area contributed by atoms with Crippen molar-refractivity contribution in [3.63, 3.8) is 0 Å². The number of carbonyl (C=O) groups is 2. The topological polar surface area (TPSA) is 61.4 Å². The van der Waals surface area contributed by atoms with E-state index in [0.29, 0.717) is 18.7 Å². The van der Waals surface area contributed by atoms with Crippen LogP contribution in [0.4, 0.5) is 16.2 Å². The van der Waals surface area contributed by atoms with Crippen LogP contribution in [0.5, 0.6) is 0 Å². The highest BCUT2D eigenvalue weighted by molar-refractivity contribution is 7.99. The number of amides is 3. The van der Waals surface area contributed by atoms with Crippen molar-refractivity contribution >= 4 is 35.1 Å². The number of urea groups is 1. The summed E-state index contributed by atoms with van der Waals surface area (Å²) >= 11 is 1.70. The molecule has 2 aromatic rings. The summed E-state index contributed by atoms with van der Waals surface area (Å²) in [5.74, 6) is 0.939. The Morgan fingerprint density at radius 2 is 2.00 bits per heavy atom. The van der Waals surface area contributed by atoms with Crippen LogP contribution < -0.4 is 15.5 Å². The van der Waals surface area contributed by atoms with E-state index < -0.39 is 0 Å². The Bertz CT molecular complexity index is 767. The largest absolute Gasteiger partial charge is 0.337 e. The third-order valence-electron chi connectivity index (χ3n) is 4.27. The zero-order valence-electron chi connectivity index (χ0n) is 14.8. The minimum atomic E-state index is -0.239. The minimum Gasteiger partial charge on any atom is -0.337 e. The van der Waals surface area contributed by atoms with Gasteiger partial charge in [-0.15, -0.1) is 11.8 Å². The van der Waals surface area contributed by atoms with Crippen molar-refractivity contribution in [2.24, 2.45) is 0 Å². The van der Waals surface area contributed by atoms with Gasteiger partial charge >= 0.3 is 6.03 Å². The number of nitrogens with zero attached hydrogens (tertiary/aromatic N) is 1. The van der Waals surface area contributed by atoms with Gasteiger partial charge in [-0.3, -0.25) is 4.79 Å². The molecule has 1 fully saturated rings. The maximum absolute atomic E-state index is 12.1. The standard InChI is InChI=1S/C20H23N3O2S/c1-15-10-11-19(24)23(15)17-7-5-6-16(14-17)22-20(25)21-12-13-26-18-8-3-2-4-9-18/h2-9,14-15H,10-13H2,1H3,(H2,21,22,25)/t15-/m1/s1. The molecule has 136 valence electrons. The van der Waals surface area contributed by atoms with Crippen molar-refractivity contribution in [2.75, 3.05) is 22.5 Å². The Morgan fingerprint density at radius 3 is 2.73 bits per heavy atom. The number of rotatable bonds is 6. The fourth-order valence-electron chi connectivity index (χ4n) is 2.99. The second-order valence-corrected chi connectivity index (χ2v) is 7.41. The molecule has 0 radical (unpaired) electrons. The maximum atomic E-state index is 12.1. The lowest BCUT2D eigenvalue weighted by molar-refractivity contribution is -0.117. The highest BCUT2D eigenvalue weighted by Gasteiger charge is 2.28. The van der Waals surface area contributed by atoms with E-state index >= 15 is 0 Å². The maximum Gasteiger partial charge on any atom is 0.319 e. The Morgan fingerprint density at radius 1 is 1.19 bits per heavy atom. The third kappa shape index (κ3) is 4.79. The number of hydrogen-bond acceptors (Lipinski definition) is 3. The van der Waals surface area contributed by atoms with Crippen molar-refractivity contribution < 1.29 is 9.59 Å². The number of anilines is 2. The summed E-state index contributed by atoms with van der Waals surface area (Å²) in [7, 11) is 0. The molecule has 1 atom stereocenters. The lowest BCUT2D eigenvalue weighted by Crippen LogP contribution is -2.32. The van der Waals surface area contributed by atoms with Crippen LogP contribution in [0.3, 0.4) is 0 Å². The molecule has 6 heteroatoms. The Kier molecular flexibility index (Phi) is 6.17. The van der Waals surface area contributed by atoms with Gasteiger partial charge in [-0.05, 0) is 43.7 Å². The van der Waals surface area contributed by atoms with Crippen LogP contribution in [0.15, 0.2) is 59.5 Å². The SMILES string of the molecule is C[C@@H]1CCC(=O)N1c1cccc(NC(=O)NCCSc2ccccc2)c1. The molecule has 2 aromatic carbocycles. The highest BCUT2D eigenvalue weighted by Crippen LogP contribution is 2.28. The van der Waals surface area contributed by atoms with Gasteiger partial charge in [-0.1, -0.05) is 24.3 Å². The summed E-state index contributed by atoms with van der Waals surface area (Å²) in [6, 6.07) is 17.5. The molecule has 0 unspecified atom stereocenters. The molecule has 1 aliphatic heterocycles. The first-order valence-electron chi connectivity index (χ1n) is 8.78. The first-order chi connectivity index (χ1) is 12.6. The second-order valence-electron chi connectivity index (χ2n) is 6.24. The van der Waals surface area contributed by atoms with Gasteiger partial charge in [0.2, 0.25) is 5.91 Å². The number of nitrogens with one attached hydrogen (secondary N) is 2. The summed E-state index contributed by atoms with van der Waals surface area (Å²) in [5, 5.41) is 5.69. The molecule has 26 heavy (non-hydrogen) atoms. The molecule has 1 aliphatic rings. The van der Waals surface area contributed by atoms with Crippen LogP contribution >= 0.6 is 11.8 Å². The van der Waals surface area contributed by atoms with E-state index in [2.05, 4.69) is 22.8 Å². The fourth-order valence-corrected chi connectivity index (χ4v) is 3.77. The molecule has 3 rings (SSSR count). The summed E-state index contributed by atoms with van der Waals surface area (Å²) in [5.41, 5.74) is 1.51. The Labute approximate surface area is 158 Å². The van der Waals surface area contributed by atoms with Gasteiger partial charge < -0.3 is 15.5 Å². The average Bonchev–Trinajstić information content (AvgIpc) is 2.98. The van der Waals surface area contributed by atoms with Gasteiger partial charge in [0.25, 0.3) is 0 Å². The van der Waals surface area contributed by atoms with Gasteiger partial charge in [-0.2, -0.15) is 0 Å². The lowest BCUT2D eigenvalue weighted by Gasteiger charge is -2.22. The van der Waals surface area contributed by atoms with Gasteiger partial charge in [0.05, 0.1) is 0 Å². The van der Waals surface area contributed by atoms with Gasteiger partial charge in [-0.25, -0.2) is 4.79 Å². The molecule has 5 nitrogen and oxygen atoms in total. The number of benzene rings is 2. The van der Waals surface area contributed by atoms with Crippen LogP contribution in [-0.2, 0) is 4.79 Å². The average molecular weight is 369 g/mol. The van der Waals surface area contributed by atoms with Gasteiger partial charge in [0.15, 0.2) is 0 Å². The molecule has 0 saturated carbocycles. The predicted octanol–water partition coefficient (Wildman–Crippen LogP) is 4.12. The molecular formula is C20H23N3O2S. The lowest BCUT2D eigenvalue weighted by atomic mass is 10.2. The van der Waals surface area contributed by atoms with Crippen LogP contribution in [0.25, 0.3) is 0 Å². The zero-order chi connectivity index (χ0) is 18.4. The number of carbonyl (C=O) groups excluding carboxylic acids is 2. The molecule has 1 heterocycles. The van der Waals surface area contributed by atoms with Crippen molar-refractivity contribution in [3.05, 3.63) is 54.6 Å². The summed E-state index contributed by atoms with van der Waals surface area (Å²) in [6.07, 6.45) is 1.45. The van der Waals surface area contributed by atoms with Crippen LogP contribution in [0, 0.1) is 0 Å². The summed E-state index contributed by atoms with van der Waals surface area (Å²) < 4.78 is 0. The molecule has 0 spiro atoms. The van der Waals surface area contributed by atoms with Crippen molar-refractivity contribution in [1.82, 2.24) is 5.32 Å². The molecular weight excluding hydrogens is 346 g/mol. The molecule has 1 saturated heterocycles. The minimum absolute atomic E-state index is 0.136. The third-order valence-corrected chi connectivity index (χ3v) is 5.28. The predicted molar refractivity (Wildman–Crippen MR) is 107 cm³/mol. The van der Waals surface area contributed by atoms with Crippen LogP contribution in [0.2, 0.25) is 0 Å². The van der Waals surface area contributed by atoms with E-state index in [-0.39, 0.29) is 18.0 Å². The van der Waals surface area contributed by atoms with Crippen molar-refractivity contribution in [2.45, 2.75) is 30.7 Å². The quantitative estimate of drug-likeness (QED) is 0.595. The smallest absolute Gasteiger partial charge is 0.319 e. The first-order valence-corrected chi connectivity index (χ1v) is 9.77. The first kappa shape index (κ1) is 18.3. The van der Waals surface area contributed by atoms with Crippen LogP contribution in [-0.4, -0.2) is 30.3 Å². The molecule has 0 aliphatic carbocycles. The summed E-state index contributed by atoms with van der Waals surface area (Å²) in [6.45, 7) is 2.62. The van der Waals surface area contributed by atoms with Crippen LogP contribution in [0.1, 0.15) is 19.8 Å². The van der Waals surface area contributed by atoms with E-state index in [1.807, 2.05) is 49.4 Å². The van der Waals surface area contributed by atoms with E-state index in [4.69, 9.17) is 0 Å². The van der Waals surface area contributed by atoms with Gasteiger partial charge in [0, 0.05) is 41.0 Å². The summed E-state index contributed by atoms with van der Waals surface area (Å²) in [4.78, 5) is 27.1. The Balaban J connectivity index is 1.48. The zero-order valence-corrected chi connectivity index (χ0v) is 15.6. The van der Waals surface area contributed by atoms with Gasteiger partial charge in [0.1, 0.15) is 0 Å². The Hall–Kier alpha value is -2.47. The second kappa shape index (κ2) is 8.76. The fraction of sp³-hybridized carbons (Fsp3) is 0.300. The van der Waals surface area contributed by atoms with E-state index in [9.17, 15) is 9.59 Å². The molecule has 3 amide bonds. The highest BCUT2D eigenvalue weighted by atomic mass is 32.2. The van der Waals surface area contributed by atoms with E-state index in [1.165, 1.54) is 4.90 Å². The van der Waals surface area contributed by atoms with Crippen molar-refractivity contribution in [1.29, 1.82) is 0 Å². The number of hydrogen-bond donors (Lipinski definition) is 2. The monoisotopic (exact) mass is 369 g/mol. The van der Waals surface area contributed by atoms with E-state index in [1.54, 1.807) is 16.7 Å².